The number of amidine groups is 1. The Hall–Kier alpha value is -2.63. The van der Waals surface area contributed by atoms with Gasteiger partial charge in [-0.3, -0.25) is 9.78 Å². The van der Waals surface area contributed by atoms with Gasteiger partial charge in [0.2, 0.25) is 0 Å². The lowest BCUT2D eigenvalue weighted by Gasteiger charge is -2.06. The van der Waals surface area contributed by atoms with E-state index < -0.39 is 0 Å². The second kappa shape index (κ2) is 5.13. The minimum Gasteiger partial charge on any atom is -0.409 e. The Morgan fingerprint density at radius 2 is 2.17 bits per heavy atom. The number of carbonyl (C=O) groups is 1. The van der Waals surface area contributed by atoms with Gasteiger partial charge in [-0.2, -0.15) is 0 Å². The molecule has 0 bridgehead atoms. The molecule has 18 heavy (non-hydrogen) atoms. The van der Waals surface area contributed by atoms with Gasteiger partial charge in [0.1, 0.15) is 0 Å². The number of amides is 1. The lowest BCUT2D eigenvalue weighted by Crippen LogP contribution is -2.33. The first-order valence-corrected chi connectivity index (χ1v) is 5.30. The van der Waals surface area contributed by atoms with Crippen LogP contribution < -0.4 is 11.1 Å². The van der Waals surface area contributed by atoms with Crippen LogP contribution in [0.3, 0.4) is 0 Å². The molecule has 0 aliphatic heterocycles. The van der Waals surface area contributed by atoms with Crippen molar-refractivity contribution in [3.05, 3.63) is 42.1 Å². The normalized spacial score (nSPS) is 11.4. The van der Waals surface area contributed by atoms with E-state index in [0.29, 0.717) is 11.1 Å². The zero-order chi connectivity index (χ0) is 13.0. The maximum Gasteiger partial charge on any atom is 0.253 e. The van der Waals surface area contributed by atoms with Gasteiger partial charge in [0, 0.05) is 11.6 Å². The number of benzene rings is 1. The molecule has 1 aromatic carbocycles. The fourth-order valence-electron chi connectivity index (χ4n) is 1.59. The highest BCUT2D eigenvalue weighted by molar-refractivity contribution is 6.06. The molecule has 0 saturated heterocycles. The van der Waals surface area contributed by atoms with Gasteiger partial charge in [0.15, 0.2) is 5.84 Å². The standard InChI is InChI=1S/C12H12N4O2/c13-10(16-18)7-15-12(17)9-5-1-3-8-4-2-6-14-11(8)9/h1-6,18H,7H2,(H2,13,16)(H,15,17). The van der Waals surface area contributed by atoms with E-state index in [-0.39, 0.29) is 18.3 Å². The summed E-state index contributed by atoms with van der Waals surface area (Å²) < 4.78 is 0. The third-order valence-electron chi connectivity index (χ3n) is 2.44. The Morgan fingerprint density at radius 1 is 1.39 bits per heavy atom. The van der Waals surface area contributed by atoms with Crippen molar-refractivity contribution in [1.29, 1.82) is 0 Å². The summed E-state index contributed by atoms with van der Waals surface area (Å²) in [5, 5.41) is 14.6. The molecule has 4 N–H and O–H groups in total. The van der Waals surface area contributed by atoms with Crippen LogP contribution in [0.4, 0.5) is 0 Å². The van der Waals surface area contributed by atoms with Crippen molar-refractivity contribution >= 4 is 22.6 Å². The molecule has 0 radical (unpaired) electrons. The molecule has 1 amide bonds. The fraction of sp³-hybridized carbons (Fsp3) is 0.0833. The summed E-state index contributed by atoms with van der Waals surface area (Å²) in [7, 11) is 0. The predicted octanol–water partition coefficient (Wildman–Crippen LogP) is 0.711. The molecule has 6 nitrogen and oxygen atoms in total. The number of carbonyl (C=O) groups excluding carboxylic acids is 1. The first kappa shape index (κ1) is 11.8. The van der Waals surface area contributed by atoms with Gasteiger partial charge in [-0.1, -0.05) is 23.4 Å². The largest absolute Gasteiger partial charge is 0.409 e. The summed E-state index contributed by atoms with van der Waals surface area (Å²) in [6, 6.07) is 9.02. The number of pyridine rings is 1. The minimum atomic E-state index is -0.314. The summed E-state index contributed by atoms with van der Waals surface area (Å²) in [6.45, 7) is -0.0153. The number of nitrogens with two attached hydrogens (primary N) is 1. The minimum absolute atomic E-state index is 0.0153. The number of oxime groups is 1. The predicted molar refractivity (Wildman–Crippen MR) is 67.5 cm³/mol. The molecule has 1 aromatic heterocycles. The number of nitrogens with one attached hydrogen (secondary N) is 1. The van der Waals surface area contributed by atoms with Crippen LogP contribution in [-0.4, -0.2) is 28.5 Å². The number of nitrogens with zero attached hydrogens (tertiary/aromatic N) is 2. The monoisotopic (exact) mass is 244 g/mol. The van der Waals surface area contributed by atoms with Crippen molar-refractivity contribution in [2.45, 2.75) is 0 Å². The van der Waals surface area contributed by atoms with Crippen LogP contribution in [0.25, 0.3) is 10.9 Å². The molecule has 1 heterocycles. The van der Waals surface area contributed by atoms with E-state index in [4.69, 9.17) is 10.9 Å². The molecule has 0 atom stereocenters. The van der Waals surface area contributed by atoms with Crippen molar-refractivity contribution in [2.75, 3.05) is 6.54 Å². The molecule has 0 unspecified atom stereocenters. The number of aromatic nitrogens is 1. The number of fused-ring (bicyclic) bond motifs is 1. The van der Waals surface area contributed by atoms with Crippen molar-refractivity contribution in [1.82, 2.24) is 10.3 Å². The maximum absolute atomic E-state index is 11.9. The molecule has 2 rings (SSSR count). The quantitative estimate of drug-likeness (QED) is 0.320. The molecule has 0 aliphatic rings. The van der Waals surface area contributed by atoms with E-state index in [9.17, 15) is 4.79 Å². The van der Waals surface area contributed by atoms with Gasteiger partial charge in [-0.25, -0.2) is 0 Å². The van der Waals surface area contributed by atoms with E-state index in [2.05, 4.69) is 15.5 Å². The summed E-state index contributed by atoms with van der Waals surface area (Å²) in [4.78, 5) is 16.1. The number of para-hydroxylation sites is 1. The van der Waals surface area contributed by atoms with E-state index in [1.54, 1.807) is 24.4 Å². The number of hydrogen-bond acceptors (Lipinski definition) is 4. The Bertz CT molecular complexity index is 605. The van der Waals surface area contributed by atoms with E-state index >= 15 is 0 Å². The average molecular weight is 244 g/mol. The van der Waals surface area contributed by atoms with E-state index in [1.165, 1.54) is 0 Å². The fourth-order valence-corrected chi connectivity index (χ4v) is 1.59. The van der Waals surface area contributed by atoms with E-state index in [0.717, 1.165) is 5.39 Å². The molecule has 0 fully saturated rings. The van der Waals surface area contributed by atoms with Gasteiger partial charge in [-0.05, 0) is 12.1 Å². The Morgan fingerprint density at radius 3 is 2.94 bits per heavy atom. The highest BCUT2D eigenvalue weighted by Gasteiger charge is 2.10. The molecule has 2 aromatic rings. The SMILES string of the molecule is NC(CNC(=O)c1cccc2cccnc12)=NO. The highest BCUT2D eigenvalue weighted by Crippen LogP contribution is 2.15. The van der Waals surface area contributed by atoms with Crippen LogP contribution in [0, 0.1) is 0 Å². The second-order valence-electron chi connectivity index (χ2n) is 3.65. The van der Waals surface area contributed by atoms with Crippen LogP contribution in [0.5, 0.6) is 0 Å². The summed E-state index contributed by atoms with van der Waals surface area (Å²) in [5.41, 5.74) is 6.36. The van der Waals surface area contributed by atoms with Crippen LogP contribution in [0.15, 0.2) is 41.7 Å². The third-order valence-corrected chi connectivity index (χ3v) is 2.44. The summed E-state index contributed by atoms with van der Waals surface area (Å²) >= 11 is 0. The summed E-state index contributed by atoms with van der Waals surface area (Å²) in [5.74, 6) is -0.373. The molecule has 0 saturated carbocycles. The molecular formula is C12H12N4O2. The van der Waals surface area contributed by atoms with Gasteiger partial charge in [-0.15, -0.1) is 0 Å². The number of rotatable bonds is 3. The zero-order valence-corrected chi connectivity index (χ0v) is 9.50. The molecule has 0 spiro atoms. The van der Waals surface area contributed by atoms with Crippen molar-refractivity contribution < 1.29 is 10.0 Å². The van der Waals surface area contributed by atoms with Crippen LogP contribution in [-0.2, 0) is 0 Å². The second-order valence-corrected chi connectivity index (χ2v) is 3.65. The van der Waals surface area contributed by atoms with Gasteiger partial charge in [0.25, 0.3) is 5.91 Å². The van der Waals surface area contributed by atoms with Crippen LogP contribution in [0.1, 0.15) is 10.4 Å². The van der Waals surface area contributed by atoms with Crippen LogP contribution >= 0.6 is 0 Å². The molecule has 0 aliphatic carbocycles. The summed E-state index contributed by atoms with van der Waals surface area (Å²) in [6.07, 6.45) is 1.63. The first-order valence-electron chi connectivity index (χ1n) is 5.30. The lowest BCUT2D eigenvalue weighted by atomic mass is 10.1. The molecule has 92 valence electrons. The van der Waals surface area contributed by atoms with Crippen molar-refractivity contribution in [3.63, 3.8) is 0 Å². The Kier molecular flexibility index (Phi) is 3.38. The van der Waals surface area contributed by atoms with Gasteiger partial charge in [0.05, 0.1) is 17.6 Å². The third kappa shape index (κ3) is 2.37. The highest BCUT2D eigenvalue weighted by atomic mass is 16.4. The zero-order valence-electron chi connectivity index (χ0n) is 9.50. The first-order chi connectivity index (χ1) is 8.72. The van der Waals surface area contributed by atoms with Crippen molar-refractivity contribution in [3.8, 4) is 0 Å². The Labute approximate surface area is 103 Å². The smallest absolute Gasteiger partial charge is 0.253 e. The van der Waals surface area contributed by atoms with Crippen molar-refractivity contribution in [2.24, 2.45) is 10.9 Å². The number of hydrogen-bond donors (Lipinski definition) is 3. The van der Waals surface area contributed by atoms with Crippen LogP contribution in [0.2, 0.25) is 0 Å². The molecule has 6 heteroatoms. The van der Waals surface area contributed by atoms with E-state index in [1.807, 2.05) is 12.1 Å². The topological polar surface area (TPSA) is 101 Å². The molecular weight excluding hydrogens is 232 g/mol. The maximum atomic E-state index is 11.9. The van der Waals surface area contributed by atoms with Gasteiger partial charge >= 0.3 is 0 Å². The Balaban J connectivity index is 2.28. The van der Waals surface area contributed by atoms with Gasteiger partial charge < -0.3 is 16.3 Å². The lowest BCUT2D eigenvalue weighted by molar-refractivity contribution is 0.0960. The average Bonchev–Trinajstić information content (AvgIpc) is 2.43.